The molecule has 0 radical (unpaired) electrons. The van der Waals surface area contributed by atoms with Crippen molar-refractivity contribution in [3.05, 3.63) is 126 Å². The highest BCUT2D eigenvalue weighted by atomic mass is 16.5. The SMILES string of the molecule is O=C(Cc1ccccc1)Oc1ccc2c(c1)O/C(=C\c1ccc(-c3ccccc3)cc1)C2=O. The Bertz CT molecular complexity index is 1340. The van der Waals surface area contributed by atoms with E-state index < -0.39 is 0 Å². The maximum Gasteiger partial charge on any atom is 0.315 e. The van der Waals surface area contributed by atoms with Gasteiger partial charge in [0.25, 0.3) is 0 Å². The first kappa shape index (κ1) is 20.5. The van der Waals surface area contributed by atoms with Crippen LogP contribution in [0.15, 0.2) is 109 Å². The Morgan fingerprint density at radius 1 is 0.788 bits per heavy atom. The highest BCUT2D eigenvalue weighted by Gasteiger charge is 2.28. The van der Waals surface area contributed by atoms with Gasteiger partial charge in [-0.2, -0.15) is 0 Å². The molecule has 5 rings (SSSR count). The van der Waals surface area contributed by atoms with Crippen LogP contribution in [0, 0.1) is 0 Å². The molecular formula is C29H20O4. The number of hydrogen-bond acceptors (Lipinski definition) is 4. The minimum absolute atomic E-state index is 0.168. The lowest BCUT2D eigenvalue weighted by Crippen LogP contribution is -2.11. The fourth-order valence-corrected chi connectivity index (χ4v) is 3.71. The molecule has 0 N–H and O–H groups in total. The molecule has 1 aliphatic heterocycles. The molecular weight excluding hydrogens is 412 g/mol. The molecule has 33 heavy (non-hydrogen) atoms. The summed E-state index contributed by atoms with van der Waals surface area (Å²) in [5, 5.41) is 0. The zero-order chi connectivity index (χ0) is 22.6. The van der Waals surface area contributed by atoms with Gasteiger partial charge in [0.05, 0.1) is 12.0 Å². The van der Waals surface area contributed by atoms with Crippen molar-refractivity contribution < 1.29 is 19.1 Å². The fraction of sp³-hybridized carbons (Fsp3) is 0.0345. The predicted molar refractivity (Wildman–Crippen MR) is 127 cm³/mol. The molecule has 160 valence electrons. The normalized spacial score (nSPS) is 13.5. The van der Waals surface area contributed by atoms with Crippen molar-refractivity contribution in [1.29, 1.82) is 0 Å². The van der Waals surface area contributed by atoms with Gasteiger partial charge in [-0.15, -0.1) is 0 Å². The van der Waals surface area contributed by atoms with E-state index in [9.17, 15) is 9.59 Å². The third-order valence-corrected chi connectivity index (χ3v) is 5.38. The molecule has 1 aliphatic rings. The summed E-state index contributed by atoms with van der Waals surface area (Å²) >= 11 is 0. The first-order valence-corrected chi connectivity index (χ1v) is 10.6. The van der Waals surface area contributed by atoms with Gasteiger partial charge in [-0.05, 0) is 40.5 Å². The standard InChI is InChI=1S/C29H20O4/c30-28(18-20-7-3-1-4-8-20)32-24-15-16-25-26(19-24)33-27(29(25)31)17-21-11-13-23(14-12-21)22-9-5-2-6-10-22/h1-17,19H,18H2/b27-17-. The minimum Gasteiger partial charge on any atom is -0.452 e. The third-order valence-electron chi connectivity index (χ3n) is 5.38. The van der Waals surface area contributed by atoms with Crippen LogP contribution in [0.25, 0.3) is 17.2 Å². The van der Waals surface area contributed by atoms with Crippen molar-refractivity contribution in [2.75, 3.05) is 0 Å². The highest BCUT2D eigenvalue weighted by Crippen LogP contribution is 2.35. The van der Waals surface area contributed by atoms with Gasteiger partial charge < -0.3 is 9.47 Å². The van der Waals surface area contributed by atoms with Crippen LogP contribution in [-0.4, -0.2) is 11.8 Å². The summed E-state index contributed by atoms with van der Waals surface area (Å²) in [5.74, 6) is 0.400. The summed E-state index contributed by atoms with van der Waals surface area (Å²) in [5.41, 5.74) is 4.41. The quantitative estimate of drug-likeness (QED) is 0.217. The number of Topliss-reactive ketones (excluding diaryl/α,β-unsaturated/α-hetero) is 1. The van der Waals surface area contributed by atoms with Gasteiger partial charge in [0, 0.05) is 6.07 Å². The Labute approximate surface area is 191 Å². The van der Waals surface area contributed by atoms with Crippen LogP contribution in [0.4, 0.5) is 0 Å². The molecule has 1 heterocycles. The first-order valence-electron chi connectivity index (χ1n) is 10.6. The smallest absolute Gasteiger partial charge is 0.315 e. The topological polar surface area (TPSA) is 52.6 Å². The van der Waals surface area contributed by atoms with E-state index in [2.05, 4.69) is 12.1 Å². The second-order valence-electron chi connectivity index (χ2n) is 7.72. The Kier molecular flexibility index (Phi) is 5.56. The first-order chi connectivity index (χ1) is 16.2. The van der Waals surface area contributed by atoms with Gasteiger partial charge >= 0.3 is 5.97 Å². The lowest BCUT2D eigenvalue weighted by atomic mass is 10.0. The fourth-order valence-electron chi connectivity index (χ4n) is 3.71. The van der Waals surface area contributed by atoms with Crippen molar-refractivity contribution in [3.63, 3.8) is 0 Å². The van der Waals surface area contributed by atoms with E-state index in [4.69, 9.17) is 9.47 Å². The van der Waals surface area contributed by atoms with Crippen LogP contribution in [0.1, 0.15) is 21.5 Å². The molecule has 0 atom stereocenters. The number of carbonyl (C=O) groups is 2. The van der Waals surface area contributed by atoms with Gasteiger partial charge in [-0.1, -0.05) is 84.9 Å². The van der Waals surface area contributed by atoms with Crippen LogP contribution >= 0.6 is 0 Å². The molecule has 0 saturated carbocycles. The minimum atomic E-state index is -0.375. The zero-order valence-corrected chi connectivity index (χ0v) is 17.7. The van der Waals surface area contributed by atoms with Crippen molar-refractivity contribution in [1.82, 2.24) is 0 Å². The van der Waals surface area contributed by atoms with Crippen LogP contribution in [-0.2, 0) is 11.2 Å². The molecule has 0 unspecified atom stereocenters. The van der Waals surface area contributed by atoms with Gasteiger partial charge in [0.1, 0.15) is 11.5 Å². The van der Waals surface area contributed by atoms with Crippen LogP contribution in [0.5, 0.6) is 11.5 Å². The lowest BCUT2D eigenvalue weighted by Gasteiger charge is -2.06. The number of ketones is 1. The average Bonchev–Trinajstić information content (AvgIpc) is 3.15. The largest absolute Gasteiger partial charge is 0.452 e. The predicted octanol–water partition coefficient (Wildman–Crippen LogP) is 6.12. The molecule has 0 aliphatic carbocycles. The van der Waals surface area contributed by atoms with Crippen LogP contribution in [0.3, 0.4) is 0 Å². The lowest BCUT2D eigenvalue weighted by molar-refractivity contribution is -0.133. The summed E-state index contributed by atoms with van der Waals surface area (Å²) in [7, 11) is 0. The number of hydrogen-bond donors (Lipinski definition) is 0. The summed E-state index contributed by atoms with van der Waals surface area (Å²) in [6, 6.07) is 32.2. The molecule has 0 saturated heterocycles. The molecule has 0 fully saturated rings. The number of benzene rings is 4. The van der Waals surface area contributed by atoms with E-state index in [0.717, 1.165) is 22.3 Å². The van der Waals surface area contributed by atoms with Crippen LogP contribution in [0.2, 0.25) is 0 Å². The number of fused-ring (bicyclic) bond motifs is 1. The number of rotatable bonds is 5. The number of ether oxygens (including phenoxy) is 2. The highest BCUT2D eigenvalue weighted by molar-refractivity contribution is 6.14. The van der Waals surface area contributed by atoms with E-state index in [1.54, 1.807) is 24.3 Å². The Balaban J connectivity index is 1.29. The van der Waals surface area contributed by atoms with Gasteiger partial charge in [0.2, 0.25) is 5.78 Å². The van der Waals surface area contributed by atoms with E-state index in [1.807, 2.05) is 72.8 Å². The maximum absolute atomic E-state index is 12.8. The van der Waals surface area contributed by atoms with Crippen molar-refractivity contribution in [2.45, 2.75) is 6.42 Å². The van der Waals surface area contributed by atoms with E-state index in [0.29, 0.717) is 17.1 Å². The number of esters is 1. The molecule has 0 bridgehead atoms. The van der Waals surface area contributed by atoms with E-state index in [-0.39, 0.29) is 23.9 Å². The second kappa shape index (κ2) is 8.97. The van der Waals surface area contributed by atoms with Crippen LogP contribution < -0.4 is 9.47 Å². The van der Waals surface area contributed by atoms with Gasteiger partial charge in [-0.25, -0.2) is 0 Å². The molecule has 4 aromatic carbocycles. The average molecular weight is 432 g/mol. The Hall–Kier alpha value is -4.44. The maximum atomic E-state index is 12.8. The monoisotopic (exact) mass is 432 g/mol. The summed E-state index contributed by atoms with van der Waals surface area (Å²) in [6.07, 6.45) is 1.89. The Morgan fingerprint density at radius 2 is 1.45 bits per heavy atom. The molecule has 0 amide bonds. The van der Waals surface area contributed by atoms with Gasteiger partial charge in [-0.3, -0.25) is 9.59 Å². The van der Waals surface area contributed by atoms with E-state index in [1.165, 1.54) is 0 Å². The summed E-state index contributed by atoms with van der Waals surface area (Å²) < 4.78 is 11.2. The van der Waals surface area contributed by atoms with E-state index >= 15 is 0 Å². The van der Waals surface area contributed by atoms with Crippen molar-refractivity contribution >= 4 is 17.8 Å². The second-order valence-corrected chi connectivity index (χ2v) is 7.72. The van der Waals surface area contributed by atoms with Gasteiger partial charge in [0.15, 0.2) is 5.76 Å². The Morgan fingerprint density at radius 3 is 2.18 bits per heavy atom. The van der Waals surface area contributed by atoms with Crippen molar-refractivity contribution in [2.24, 2.45) is 0 Å². The van der Waals surface area contributed by atoms with Crippen molar-refractivity contribution in [3.8, 4) is 22.6 Å². The molecule has 4 heteroatoms. The summed E-state index contributed by atoms with van der Waals surface area (Å²) in [4.78, 5) is 25.0. The molecule has 4 aromatic rings. The molecule has 0 aromatic heterocycles. The molecule has 4 nitrogen and oxygen atoms in total. The zero-order valence-electron chi connectivity index (χ0n) is 17.7. The molecule has 0 spiro atoms. The number of allylic oxidation sites excluding steroid dienone is 1. The third kappa shape index (κ3) is 4.60. The summed E-state index contributed by atoms with van der Waals surface area (Å²) in [6.45, 7) is 0. The number of carbonyl (C=O) groups excluding carboxylic acids is 2.